The van der Waals surface area contributed by atoms with Gasteiger partial charge in [0.1, 0.15) is 12.3 Å². The van der Waals surface area contributed by atoms with Gasteiger partial charge in [-0.25, -0.2) is 0 Å². The molecule has 0 aliphatic carbocycles. The average molecular weight is 305 g/mol. The van der Waals surface area contributed by atoms with Crippen LogP contribution < -0.4 is 11.3 Å². The normalized spacial score (nSPS) is 11.0. The Hall–Kier alpha value is -2.67. The van der Waals surface area contributed by atoms with E-state index in [0.29, 0.717) is 12.0 Å². The van der Waals surface area contributed by atoms with Crippen molar-refractivity contribution in [1.29, 1.82) is 0 Å². The van der Waals surface area contributed by atoms with Crippen LogP contribution in [0.2, 0.25) is 0 Å². The number of H-pyrrole nitrogens is 1. The average Bonchev–Trinajstić information content (AvgIpc) is 2.91. The number of esters is 1. The van der Waals surface area contributed by atoms with Crippen molar-refractivity contribution in [3.63, 3.8) is 0 Å². The second-order valence-corrected chi connectivity index (χ2v) is 4.55. The molecule has 1 atom stereocenters. The van der Waals surface area contributed by atoms with E-state index in [9.17, 15) is 14.4 Å². The number of rotatable bonds is 4. The van der Waals surface area contributed by atoms with Gasteiger partial charge in [0, 0.05) is 24.9 Å². The van der Waals surface area contributed by atoms with Crippen LogP contribution >= 0.6 is 0 Å². The molecule has 1 aromatic carbocycles. The molecular weight excluding hydrogens is 286 g/mol. The molecule has 1 heterocycles. The standard InChI is InChI=1S/C11H13NO3.C4H6N2O/c1-15-11(14)10(12)6-8-2-4-9(7-13)5-3-8;1-6-4(7)2-3-5-6/h2-5,7,10H,6,12H2,1H3;2-3,5H,1H3. The molecule has 2 rings (SSSR count). The van der Waals surface area contributed by atoms with Gasteiger partial charge in [-0.15, -0.1) is 0 Å². The Balaban J connectivity index is 0.000000287. The van der Waals surface area contributed by atoms with Crippen LogP contribution in [-0.4, -0.2) is 35.2 Å². The van der Waals surface area contributed by atoms with Crippen LogP contribution in [0.15, 0.2) is 41.3 Å². The third kappa shape index (κ3) is 5.37. The molecule has 1 unspecified atom stereocenters. The molecule has 7 nitrogen and oxygen atoms in total. The molecule has 0 aliphatic heterocycles. The van der Waals surface area contributed by atoms with Gasteiger partial charge >= 0.3 is 5.97 Å². The highest BCUT2D eigenvalue weighted by atomic mass is 16.5. The van der Waals surface area contributed by atoms with E-state index in [0.717, 1.165) is 11.8 Å². The predicted octanol–water partition coefficient (Wildman–Crippen LogP) is 0.255. The lowest BCUT2D eigenvalue weighted by Crippen LogP contribution is -2.33. The molecule has 3 N–H and O–H groups in total. The lowest BCUT2D eigenvalue weighted by Gasteiger charge is -2.08. The zero-order valence-corrected chi connectivity index (χ0v) is 12.5. The van der Waals surface area contributed by atoms with Gasteiger partial charge in [0.25, 0.3) is 5.56 Å². The fraction of sp³-hybridized carbons (Fsp3) is 0.267. The first-order valence-corrected chi connectivity index (χ1v) is 6.56. The van der Waals surface area contributed by atoms with Gasteiger partial charge in [0.2, 0.25) is 0 Å². The number of aromatic nitrogens is 2. The fourth-order valence-corrected chi connectivity index (χ4v) is 1.62. The van der Waals surface area contributed by atoms with Crippen molar-refractivity contribution in [2.45, 2.75) is 12.5 Å². The third-order valence-electron chi connectivity index (χ3n) is 2.90. The van der Waals surface area contributed by atoms with Crippen molar-refractivity contribution in [3.8, 4) is 0 Å². The predicted molar refractivity (Wildman–Crippen MR) is 81.6 cm³/mol. The van der Waals surface area contributed by atoms with Crippen molar-refractivity contribution in [2.75, 3.05) is 7.11 Å². The maximum atomic E-state index is 11.0. The maximum absolute atomic E-state index is 11.0. The summed E-state index contributed by atoms with van der Waals surface area (Å²) in [5.41, 5.74) is 7.09. The molecule has 0 amide bonds. The molecule has 0 bridgehead atoms. The van der Waals surface area contributed by atoms with E-state index in [1.165, 1.54) is 17.9 Å². The molecule has 2 aromatic rings. The van der Waals surface area contributed by atoms with Crippen molar-refractivity contribution in [3.05, 3.63) is 58.0 Å². The topological polar surface area (TPSA) is 107 Å². The van der Waals surface area contributed by atoms with Crippen LogP contribution in [0.25, 0.3) is 0 Å². The number of hydrogen-bond acceptors (Lipinski definition) is 5. The first-order chi connectivity index (χ1) is 10.5. The van der Waals surface area contributed by atoms with E-state index in [-0.39, 0.29) is 5.56 Å². The number of aryl methyl sites for hydroxylation is 1. The number of aldehydes is 1. The molecule has 0 aliphatic rings. The van der Waals surface area contributed by atoms with Crippen molar-refractivity contribution in [2.24, 2.45) is 12.8 Å². The van der Waals surface area contributed by atoms with Gasteiger partial charge in [-0.05, 0) is 12.0 Å². The minimum Gasteiger partial charge on any atom is -0.468 e. The van der Waals surface area contributed by atoms with Crippen LogP contribution in [0, 0.1) is 0 Å². The molecule has 0 saturated carbocycles. The molecule has 118 valence electrons. The number of carbonyl (C=O) groups is 2. The van der Waals surface area contributed by atoms with E-state index in [1.807, 2.05) is 0 Å². The summed E-state index contributed by atoms with van der Waals surface area (Å²) in [4.78, 5) is 31.8. The molecule has 0 spiro atoms. The Morgan fingerprint density at radius 3 is 2.36 bits per heavy atom. The zero-order chi connectivity index (χ0) is 16.5. The minimum absolute atomic E-state index is 0.000000000000000222. The summed E-state index contributed by atoms with van der Waals surface area (Å²) in [5, 5.41) is 2.67. The molecule has 1 aromatic heterocycles. The van der Waals surface area contributed by atoms with E-state index in [1.54, 1.807) is 37.5 Å². The van der Waals surface area contributed by atoms with Crippen LogP contribution in [0.4, 0.5) is 0 Å². The minimum atomic E-state index is -0.655. The summed E-state index contributed by atoms with van der Waals surface area (Å²) in [7, 11) is 2.97. The first kappa shape index (κ1) is 17.4. The number of benzene rings is 1. The summed E-state index contributed by atoms with van der Waals surface area (Å²) in [6, 6.07) is 7.73. The molecule has 0 saturated heterocycles. The zero-order valence-electron chi connectivity index (χ0n) is 12.5. The summed E-state index contributed by atoms with van der Waals surface area (Å²) >= 11 is 0. The summed E-state index contributed by atoms with van der Waals surface area (Å²) in [6.07, 6.45) is 2.78. The molecule has 0 fully saturated rings. The summed E-state index contributed by atoms with van der Waals surface area (Å²) in [6.45, 7) is 0. The summed E-state index contributed by atoms with van der Waals surface area (Å²) < 4.78 is 5.91. The molecular formula is C15H19N3O4. The number of carbonyl (C=O) groups excluding carboxylic acids is 2. The second kappa shape index (κ2) is 8.58. The smallest absolute Gasteiger partial charge is 0.322 e. The van der Waals surface area contributed by atoms with E-state index >= 15 is 0 Å². The largest absolute Gasteiger partial charge is 0.468 e. The fourth-order valence-electron chi connectivity index (χ4n) is 1.62. The lowest BCUT2D eigenvalue weighted by molar-refractivity contribution is -0.142. The Labute approximate surface area is 127 Å². The maximum Gasteiger partial charge on any atom is 0.322 e. The van der Waals surface area contributed by atoms with Crippen LogP contribution in [0.1, 0.15) is 15.9 Å². The quantitative estimate of drug-likeness (QED) is 0.622. The number of methoxy groups -OCH3 is 1. The van der Waals surface area contributed by atoms with E-state index in [2.05, 4.69) is 9.84 Å². The van der Waals surface area contributed by atoms with Gasteiger partial charge in [0.05, 0.1) is 7.11 Å². The van der Waals surface area contributed by atoms with Crippen molar-refractivity contribution >= 4 is 12.3 Å². The van der Waals surface area contributed by atoms with Crippen molar-refractivity contribution in [1.82, 2.24) is 9.78 Å². The number of aromatic amines is 1. The van der Waals surface area contributed by atoms with Gasteiger partial charge in [-0.2, -0.15) is 0 Å². The summed E-state index contributed by atoms with van der Waals surface area (Å²) in [5.74, 6) is -0.436. The second-order valence-electron chi connectivity index (χ2n) is 4.55. The van der Waals surface area contributed by atoms with Crippen LogP contribution in [0.3, 0.4) is 0 Å². The highest BCUT2D eigenvalue weighted by Crippen LogP contribution is 2.05. The SMILES string of the molecule is COC(=O)C(N)Cc1ccc(C=O)cc1.Cn1[nH]ccc1=O. The Kier molecular flexibility index (Phi) is 6.78. The third-order valence-corrected chi connectivity index (χ3v) is 2.90. The highest BCUT2D eigenvalue weighted by molar-refractivity contribution is 5.76. The number of nitrogens with one attached hydrogen (secondary N) is 1. The van der Waals surface area contributed by atoms with E-state index in [4.69, 9.17) is 5.73 Å². The molecule has 22 heavy (non-hydrogen) atoms. The Morgan fingerprint density at radius 2 is 2.00 bits per heavy atom. The van der Waals surface area contributed by atoms with Crippen LogP contribution in [0.5, 0.6) is 0 Å². The van der Waals surface area contributed by atoms with Gasteiger partial charge in [-0.3, -0.25) is 19.1 Å². The number of hydrogen-bond donors (Lipinski definition) is 2. The van der Waals surface area contributed by atoms with Crippen molar-refractivity contribution < 1.29 is 14.3 Å². The van der Waals surface area contributed by atoms with Crippen LogP contribution in [-0.2, 0) is 23.0 Å². The van der Waals surface area contributed by atoms with Gasteiger partial charge in [0.15, 0.2) is 0 Å². The molecule has 0 radical (unpaired) electrons. The number of nitrogens with two attached hydrogens (primary N) is 1. The lowest BCUT2D eigenvalue weighted by atomic mass is 10.1. The van der Waals surface area contributed by atoms with Gasteiger partial charge in [-0.1, -0.05) is 24.3 Å². The molecule has 7 heteroatoms. The number of ether oxygens (including phenoxy) is 1. The monoisotopic (exact) mass is 305 g/mol. The van der Waals surface area contributed by atoms with Gasteiger partial charge < -0.3 is 15.6 Å². The Bertz CT molecular complexity index is 658. The highest BCUT2D eigenvalue weighted by Gasteiger charge is 2.13. The van der Waals surface area contributed by atoms with E-state index < -0.39 is 12.0 Å². The Morgan fingerprint density at radius 1 is 1.36 bits per heavy atom. The number of nitrogens with zero attached hydrogens (tertiary/aromatic N) is 1. The first-order valence-electron chi connectivity index (χ1n) is 6.56.